The molecule has 0 fully saturated rings. The van der Waals surface area contributed by atoms with Crippen molar-refractivity contribution in [1.82, 2.24) is 0 Å². The minimum atomic E-state index is -3.12. The van der Waals surface area contributed by atoms with Gasteiger partial charge < -0.3 is 14.6 Å². The lowest BCUT2D eigenvalue weighted by Gasteiger charge is -2.10. The van der Waals surface area contributed by atoms with Crippen molar-refractivity contribution in [1.29, 1.82) is 5.26 Å². The first-order valence-corrected chi connectivity index (χ1v) is 5.34. The van der Waals surface area contributed by atoms with Crippen molar-refractivity contribution in [3.63, 3.8) is 0 Å². The molecule has 5 nitrogen and oxygen atoms in total. The van der Waals surface area contributed by atoms with Crippen LogP contribution in [0.15, 0.2) is 12.1 Å². The van der Waals surface area contributed by atoms with Crippen LogP contribution >= 0.6 is 0 Å². The number of carbonyl (C=O) groups excluding carboxylic acids is 1. The summed E-state index contributed by atoms with van der Waals surface area (Å²) in [6.07, 6.45) is -0.237. The maximum absolute atomic E-state index is 12.1. The highest BCUT2D eigenvalue weighted by Gasteiger charge is 2.16. The molecule has 0 heterocycles. The molecule has 1 aromatic rings. The molecule has 0 aliphatic heterocycles. The van der Waals surface area contributed by atoms with Crippen LogP contribution in [0.4, 0.5) is 8.78 Å². The standard InChI is InChI=1S/C12H11F2NO4/c1-2-18-11(17)5-7-3-9(16)10(19-12(13)14)4-8(7)6-15/h3-4,12,16H,2,5H2,1H3. The van der Waals surface area contributed by atoms with Crippen LogP contribution in [-0.2, 0) is 16.0 Å². The highest BCUT2D eigenvalue weighted by molar-refractivity contribution is 5.74. The number of aromatic hydroxyl groups is 1. The van der Waals surface area contributed by atoms with Crippen molar-refractivity contribution >= 4 is 5.97 Å². The second-order valence-corrected chi connectivity index (χ2v) is 3.45. The van der Waals surface area contributed by atoms with Gasteiger partial charge in [0.15, 0.2) is 11.5 Å². The van der Waals surface area contributed by atoms with Gasteiger partial charge in [-0.05, 0) is 18.6 Å². The van der Waals surface area contributed by atoms with Crippen LogP contribution in [0.1, 0.15) is 18.1 Å². The molecular weight excluding hydrogens is 260 g/mol. The van der Waals surface area contributed by atoms with Crippen LogP contribution in [-0.4, -0.2) is 24.3 Å². The molecule has 1 aromatic carbocycles. The van der Waals surface area contributed by atoms with Gasteiger partial charge in [0.25, 0.3) is 0 Å². The molecule has 0 radical (unpaired) electrons. The molecule has 0 saturated carbocycles. The van der Waals surface area contributed by atoms with Gasteiger partial charge in [0.05, 0.1) is 24.7 Å². The van der Waals surface area contributed by atoms with Gasteiger partial charge in [-0.15, -0.1) is 0 Å². The Morgan fingerprint density at radius 3 is 2.74 bits per heavy atom. The molecule has 1 N–H and O–H groups in total. The number of esters is 1. The number of hydrogen-bond acceptors (Lipinski definition) is 5. The number of ether oxygens (including phenoxy) is 2. The minimum absolute atomic E-state index is 0.0403. The normalized spacial score (nSPS) is 10.1. The average Bonchev–Trinajstić information content (AvgIpc) is 2.32. The Kier molecular flexibility index (Phi) is 5.06. The first kappa shape index (κ1) is 14.7. The zero-order chi connectivity index (χ0) is 14.4. The minimum Gasteiger partial charge on any atom is -0.504 e. The number of alkyl halides is 2. The lowest BCUT2D eigenvalue weighted by molar-refractivity contribution is -0.142. The van der Waals surface area contributed by atoms with E-state index in [0.29, 0.717) is 0 Å². The zero-order valence-electron chi connectivity index (χ0n) is 10.0. The van der Waals surface area contributed by atoms with Gasteiger partial charge >= 0.3 is 12.6 Å². The van der Waals surface area contributed by atoms with Gasteiger partial charge in [-0.1, -0.05) is 0 Å². The van der Waals surface area contributed by atoms with E-state index in [9.17, 15) is 18.7 Å². The second-order valence-electron chi connectivity index (χ2n) is 3.45. The number of hydrogen-bond donors (Lipinski definition) is 1. The van der Waals surface area contributed by atoms with E-state index in [1.54, 1.807) is 13.0 Å². The molecule has 7 heteroatoms. The second kappa shape index (κ2) is 6.54. The first-order valence-electron chi connectivity index (χ1n) is 5.34. The third kappa shape index (κ3) is 4.10. The molecule has 0 aliphatic rings. The highest BCUT2D eigenvalue weighted by atomic mass is 19.3. The van der Waals surface area contributed by atoms with Gasteiger partial charge in [-0.3, -0.25) is 4.79 Å². The number of phenolic OH excluding ortho intramolecular Hbond substituents is 1. The van der Waals surface area contributed by atoms with E-state index in [2.05, 4.69) is 4.74 Å². The number of halogens is 2. The van der Waals surface area contributed by atoms with E-state index >= 15 is 0 Å². The van der Waals surface area contributed by atoms with E-state index in [4.69, 9.17) is 10.00 Å². The first-order chi connectivity index (χ1) is 8.97. The molecule has 0 spiro atoms. The molecule has 19 heavy (non-hydrogen) atoms. The lowest BCUT2D eigenvalue weighted by atomic mass is 10.0. The van der Waals surface area contributed by atoms with Gasteiger partial charge in [-0.2, -0.15) is 14.0 Å². The third-order valence-electron chi connectivity index (χ3n) is 2.16. The third-order valence-corrected chi connectivity index (χ3v) is 2.16. The number of rotatable bonds is 5. The van der Waals surface area contributed by atoms with Crippen LogP contribution in [0.2, 0.25) is 0 Å². The molecule has 102 valence electrons. The molecule has 0 atom stereocenters. The smallest absolute Gasteiger partial charge is 0.387 e. The summed E-state index contributed by atoms with van der Waals surface area (Å²) >= 11 is 0. The Hall–Kier alpha value is -2.36. The molecule has 0 unspecified atom stereocenters. The van der Waals surface area contributed by atoms with E-state index in [1.165, 1.54) is 0 Å². The summed E-state index contributed by atoms with van der Waals surface area (Å²) in [5.74, 6) is -1.67. The Labute approximate surface area is 108 Å². The molecule has 0 aliphatic carbocycles. The average molecular weight is 271 g/mol. The zero-order valence-corrected chi connectivity index (χ0v) is 10.0. The number of carbonyl (C=O) groups is 1. The van der Waals surface area contributed by atoms with Crippen molar-refractivity contribution in [2.24, 2.45) is 0 Å². The largest absolute Gasteiger partial charge is 0.504 e. The monoisotopic (exact) mass is 271 g/mol. The van der Waals surface area contributed by atoms with Crippen LogP contribution in [0, 0.1) is 11.3 Å². The predicted molar refractivity (Wildman–Crippen MR) is 59.8 cm³/mol. The number of phenols is 1. The SMILES string of the molecule is CCOC(=O)Cc1cc(O)c(OC(F)F)cc1C#N. The van der Waals surface area contributed by atoms with Gasteiger partial charge in [0, 0.05) is 6.07 Å². The summed E-state index contributed by atoms with van der Waals surface area (Å²) in [6, 6.07) is 3.73. The summed E-state index contributed by atoms with van der Waals surface area (Å²) in [4.78, 5) is 11.3. The maximum Gasteiger partial charge on any atom is 0.387 e. The van der Waals surface area contributed by atoms with Crippen LogP contribution < -0.4 is 4.74 Å². The topological polar surface area (TPSA) is 79.6 Å². The van der Waals surface area contributed by atoms with Crippen molar-refractivity contribution in [3.05, 3.63) is 23.3 Å². The van der Waals surface area contributed by atoms with Crippen molar-refractivity contribution < 1.29 is 28.2 Å². The summed E-state index contributed by atoms with van der Waals surface area (Å²) < 4.78 is 32.9. The molecule has 0 saturated heterocycles. The van der Waals surface area contributed by atoms with Crippen molar-refractivity contribution in [2.75, 3.05) is 6.61 Å². The van der Waals surface area contributed by atoms with Crippen molar-refractivity contribution in [2.45, 2.75) is 20.0 Å². The van der Waals surface area contributed by atoms with Crippen LogP contribution in [0.5, 0.6) is 11.5 Å². The lowest BCUT2D eigenvalue weighted by Crippen LogP contribution is -2.09. The number of benzene rings is 1. The quantitative estimate of drug-likeness (QED) is 0.828. The van der Waals surface area contributed by atoms with E-state index in [1.807, 2.05) is 0 Å². The molecule has 1 rings (SSSR count). The predicted octanol–water partition coefficient (Wildman–Crippen LogP) is 1.97. The Bertz CT molecular complexity index is 511. The van der Waals surface area contributed by atoms with E-state index in [0.717, 1.165) is 12.1 Å². The fraction of sp³-hybridized carbons (Fsp3) is 0.333. The van der Waals surface area contributed by atoms with Crippen LogP contribution in [0.3, 0.4) is 0 Å². The molecule has 0 aromatic heterocycles. The fourth-order valence-corrected chi connectivity index (χ4v) is 1.42. The fourth-order valence-electron chi connectivity index (χ4n) is 1.42. The highest BCUT2D eigenvalue weighted by Crippen LogP contribution is 2.31. The molecule has 0 bridgehead atoms. The van der Waals surface area contributed by atoms with Gasteiger partial charge in [0.1, 0.15) is 0 Å². The van der Waals surface area contributed by atoms with Crippen molar-refractivity contribution in [3.8, 4) is 17.6 Å². The molecular formula is C12H11F2NO4. The van der Waals surface area contributed by atoms with Crippen LogP contribution in [0.25, 0.3) is 0 Å². The van der Waals surface area contributed by atoms with E-state index < -0.39 is 24.1 Å². The Morgan fingerprint density at radius 1 is 1.53 bits per heavy atom. The summed E-state index contributed by atoms with van der Waals surface area (Å²) in [5.41, 5.74) is 0.140. The van der Waals surface area contributed by atoms with Gasteiger partial charge in [0.2, 0.25) is 0 Å². The Morgan fingerprint density at radius 2 is 2.21 bits per heavy atom. The molecule has 0 amide bonds. The van der Waals surface area contributed by atoms with Gasteiger partial charge in [-0.25, -0.2) is 0 Å². The maximum atomic E-state index is 12.1. The Balaban J connectivity index is 3.04. The van der Waals surface area contributed by atoms with E-state index in [-0.39, 0.29) is 24.2 Å². The summed E-state index contributed by atoms with van der Waals surface area (Å²) in [6.45, 7) is -1.31. The summed E-state index contributed by atoms with van der Waals surface area (Å²) in [7, 11) is 0. The number of nitrogens with zero attached hydrogens (tertiary/aromatic N) is 1. The number of nitriles is 1. The summed E-state index contributed by atoms with van der Waals surface area (Å²) in [5, 5.41) is 18.4.